The van der Waals surface area contributed by atoms with Crippen molar-refractivity contribution in [2.75, 3.05) is 31.4 Å². The molecule has 142 valence electrons. The monoisotopic (exact) mass is 370 g/mol. The van der Waals surface area contributed by atoms with Gasteiger partial charge in [-0.1, -0.05) is 13.0 Å². The SMILES string of the molecule is CCC1C=CC(C(=O)O)=C(C(=O)Nc2ccn3nc(N(C)C)nc3c2)N1C. The van der Waals surface area contributed by atoms with Crippen LogP contribution in [0.5, 0.6) is 0 Å². The summed E-state index contributed by atoms with van der Waals surface area (Å²) in [5.74, 6) is -1.06. The number of anilines is 2. The molecule has 27 heavy (non-hydrogen) atoms. The summed E-state index contributed by atoms with van der Waals surface area (Å²) >= 11 is 0. The molecule has 9 nitrogen and oxygen atoms in total. The van der Waals surface area contributed by atoms with E-state index in [1.165, 1.54) is 6.08 Å². The van der Waals surface area contributed by atoms with E-state index >= 15 is 0 Å². The van der Waals surface area contributed by atoms with E-state index in [9.17, 15) is 14.7 Å². The number of nitrogens with zero attached hydrogens (tertiary/aromatic N) is 5. The summed E-state index contributed by atoms with van der Waals surface area (Å²) in [4.78, 5) is 32.3. The number of nitrogens with one attached hydrogen (secondary N) is 1. The Balaban J connectivity index is 1.92. The van der Waals surface area contributed by atoms with Crippen LogP contribution in [0.25, 0.3) is 5.65 Å². The second kappa shape index (κ2) is 7.10. The number of amides is 1. The maximum atomic E-state index is 12.8. The summed E-state index contributed by atoms with van der Waals surface area (Å²) in [6.45, 7) is 1.98. The largest absolute Gasteiger partial charge is 0.478 e. The molecule has 1 aliphatic heterocycles. The Morgan fingerprint density at radius 1 is 1.37 bits per heavy atom. The highest BCUT2D eigenvalue weighted by Crippen LogP contribution is 2.24. The average molecular weight is 370 g/mol. The first-order valence-corrected chi connectivity index (χ1v) is 8.55. The number of hydrogen-bond donors (Lipinski definition) is 2. The van der Waals surface area contributed by atoms with Gasteiger partial charge in [-0.25, -0.2) is 9.31 Å². The van der Waals surface area contributed by atoms with E-state index < -0.39 is 11.9 Å². The van der Waals surface area contributed by atoms with Crippen molar-refractivity contribution in [1.29, 1.82) is 0 Å². The molecule has 0 saturated heterocycles. The molecule has 3 heterocycles. The molecule has 0 saturated carbocycles. The van der Waals surface area contributed by atoms with Crippen LogP contribution in [-0.4, -0.2) is 63.7 Å². The number of rotatable bonds is 5. The second-order valence-electron chi connectivity index (χ2n) is 6.49. The van der Waals surface area contributed by atoms with Crippen LogP contribution in [0.3, 0.4) is 0 Å². The molecule has 2 aromatic heterocycles. The Bertz CT molecular complexity index is 959. The van der Waals surface area contributed by atoms with Crippen LogP contribution in [0, 0.1) is 0 Å². The van der Waals surface area contributed by atoms with Gasteiger partial charge in [-0.3, -0.25) is 4.79 Å². The number of carboxylic acid groups (broad SMARTS) is 1. The standard InChI is InChI=1S/C18H22N6O3/c1-5-12-6-7-13(17(26)27)15(23(12)4)16(25)19-11-8-9-24-14(10-11)20-18(21-24)22(2)3/h6-10,12H,5H2,1-4H3,(H,19,25)(H,26,27). The molecule has 1 aliphatic rings. The van der Waals surface area contributed by atoms with Crippen molar-refractivity contribution < 1.29 is 14.7 Å². The Morgan fingerprint density at radius 2 is 2.11 bits per heavy atom. The normalized spacial score (nSPS) is 16.7. The van der Waals surface area contributed by atoms with Crippen LogP contribution in [-0.2, 0) is 9.59 Å². The summed E-state index contributed by atoms with van der Waals surface area (Å²) in [5, 5.41) is 16.5. The first-order chi connectivity index (χ1) is 12.8. The molecule has 0 radical (unpaired) electrons. The highest BCUT2D eigenvalue weighted by atomic mass is 16.4. The Labute approximate surface area is 156 Å². The fraction of sp³-hybridized carbons (Fsp3) is 0.333. The quantitative estimate of drug-likeness (QED) is 0.819. The highest BCUT2D eigenvalue weighted by molar-refractivity contribution is 6.09. The van der Waals surface area contributed by atoms with E-state index in [2.05, 4.69) is 15.4 Å². The van der Waals surface area contributed by atoms with Crippen molar-refractivity contribution in [1.82, 2.24) is 19.5 Å². The number of carbonyl (C=O) groups is 2. The predicted molar refractivity (Wildman–Crippen MR) is 102 cm³/mol. The summed E-state index contributed by atoms with van der Waals surface area (Å²) < 4.78 is 1.61. The molecule has 0 bridgehead atoms. The number of aliphatic carboxylic acids is 1. The molecule has 1 unspecified atom stereocenters. The summed E-state index contributed by atoms with van der Waals surface area (Å²) in [7, 11) is 5.41. The van der Waals surface area contributed by atoms with Crippen LogP contribution in [0.15, 0.2) is 41.8 Å². The van der Waals surface area contributed by atoms with E-state index in [4.69, 9.17) is 0 Å². The topological polar surface area (TPSA) is 103 Å². The van der Waals surface area contributed by atoms with Crippen molar-refractivity contribution in [3.05, 3.63) is 41.8 Å². The van der Waals surface area contributed by atoms with E-state index in [1.807, 2.05) is 21.0 Å². The van der Waals surface area contributed by atoms with Crippen molar-refractivity contribution in [2.24, 2.45) is 0 Å². The molecule has 1 amide bonds. The zero-order valence-electron chi connectivity index (χ0n) is 15.7. The van der Waals surface area contributed by atoms with Gasteiger partial charge in [-0.15, -0.1) is 5.10 Å². The van der Waals surface area contributed by atoms with Crippen molar-refractivity contribution in [2.45, 2.75) is 19.4 Å². The number of carbonyl (C=O) groups excluding carboxylic acids is 1. The minimum atomic E-state index is -1.14. The number of pyridine rings is 1. The maximum Gasteiger partial charge on any atom is 0.338 e. The lowest BCUT2D eigenvalue weighted by molar-refractivity contribution is -0.133. The van der Waals surface area contributed by atoms with Crippen molar-refractivity contribution >= 4 is 29.2 Å². The van der Waals surface area contributed by atoms with E-state index in [0.717, 1.165) is 6.42 Å². The molecule has 0 aliphatic carbocycles. The van der Waals surface area contributed by atoms with E-state index in [-0.39, 0.29) is 17.3 Å². The third kappa shape index (κ3) is 3.48. The average Bonchev–Trinajstić information content (AvgIpc) is 3.04. The second-order valence-corrected chi connectivity index (χ2v) is 6.49. The minimum absolute atomic E-state index is 0.0295. The number of likely N-dealkylation sites (N-methyl/N-ethyl adjacent to an activating group) is 1. The lowest BCUT2D eigenvalue weighted by Gasteiger charge is -2.32. The van der Waals surface area contributed by atoms with Gasteiger partial charge >= 0.3 is 5.97 Å². The molecule has 1 atom stereocenters. The molecule has 0 spiro atoms. The first-order valence-electron chi connectivity index (χ1n) is 8.55. The van der Waals surface area contributed by atoms with Gasteiger partial charge in [0.15, 0.2) is 5.65 Å². The highest BCUT2D eigenvalue weighted by Gasteiger charge is 2.29. The van der Waals surface area contributed by atoms with Gasteiger partial charge in [-0.2, -0.15) is 4.98 Å². The summed E-state index contributed by atoms with van der Waals surface area (Å²) in [5.41, 5.74) is 1.19. The molecule has 3 rings (SSSR count). The van der Waals surface area contributed by atoms with E-state index in [1.54, 1.807) is 45.8 Å². The van der Waals surface area contributed by atoms with Gasteiger partial charge in [-0.05, 0) is 18.6 Å². The molecular weight excluding hydrogens is 348 g/mol. The summed E-state index contributed by atoms with van der Waals surface area (Å²) in [6.07, 6.45) is 5.74. The zero-order valence-corrected chi connectivity index (χ0v) is 15.7. The Morgan fingerprint density at radius 3 is 2.74 bits per heavy atom. The third-order valence-electron chi connectivity index (χ3n) is 4.44. The Kier molecular flexibility index (Phi) is 4.85. The summed E-state index contributed by atoms with van der Waals surface area (Å²) in [6, 6.07) is 3.35. The van der Waals surface area contributed by atoms with Crippen molar-refractivity contribution in [3.8, 4) is 0 Å². The number of aromatic nitrogens is 3. The smallest absolute Gasteiger partial charge is 0.338 e. The van der Waals surface area contributed by atoms with Gasteiger partial charge in [0.2, 0.25) is 5.95 Å². The molecule has 2 N–H and O–H groups in total. The van der Waals surface area contributed by atoms with Crippen LogP contribution >= 0.6 is 0 Å². The minimum Gasteiger partial charge on any atom is -0.478 e. The predicted octanol–water partition coefficient (Wildman–Crippen LogP) is 1.35. The van der Waals surface area contributed by atoms with E-state index in [0.29, 0.717) is 17.3 Å². The molecular formula is C18H22N6O3. The fourth-order valence-corrected chi connectivity index (χ4v) is 2.96. The van der Waals surface area contributed by atoms with Gasteiger partial charge in [0, 0.05) is 45.1 Å². The fourth-order valence-electron chi connectivity index (χ4n) is 2.96. The van der Waals surface area contributed by atoms with Gasteiger partial charge in [0.1, 0.15) is 5.70 Å². The Hall–Kier alpha value is -3.36. The lowest BCUT2D eigenvalue weighted by atomic mass is 10.0. The first kappa shape index (κ1) is 18.4. The van der Waals surface area contributed by atoms with Crippen LogP contribution in [0.4, 0.5) is 11.6 Å². The molecule has 9 heteroatoms. The number of hydrogen-bond acceptors (Lipinski definition) is 6. The van der Waals surface area contributed by atoms with Crippen LogP contribution < -0.4 is 10.2 Å². The lowest BCUT2D eigenvalue weighted by Crippen LogP contribution is -2.38. The number of carboxylic acids is 1. The zero-order chi connectivity index (χ0) is 19.7. The molecule has 0 aromatic carbocycles. The van der Waals surface area contributed by atoms with Gasteiger partial charge in [0.25, 0.3) is 5.91 Å². The molecule has 0 fully saturated rings. The number of fused-ring (bicyclic) bond motifs is 1. The van der Waals surface area contributed by atoms with Gasteiger partial charge < -0.3 is 20.2 Å². The third-order valence-corrected chi connectivity index (χ3v) is 4.44. The van der Waals surface area contributed by atoms with Crippen molar-refractivity contribution in [3.63, 3.8) is 0 Å². The maximum absolute atomic E-state index is 12.8. The van der Waals surface area contributed by atoms with Crippen LogP contribution in [0.1, 0.15) is 13.3 Å². The van der Waals surface area contributed by atoms with Crippen LogP contribution in [0.2, 0.25) is 0 Å². The molecule has 2 aromatic rings. The van der Waals surface area contributed by atoms with Gasteiger partial charge in [0.05, 0.1) is 5.57 Å².